The Morgan fingerprint density at radius 3 is 2.00 bits per heavy atom. The van der Waals surface area contributed by atoms with Crippen LogP contribution in [0.2, 0.25) is 0 Å². The highest BCUT2D eigenvalue weighted by Gasteiger charge is 2.20. The van der Waals surface area contributed by atoms with Gasteiger partial charge in [-0.3, -0.25) is 35.3 Å². The zero-order chi connectivity index (χ0) is 24.9. The summed E-state index contributed by atoms with van der Waals surface area (Å²) in [6.45, 7) is 1.58. The van der Waals surface area contributed by atoms with Gasteiger partial charge in [0.05, 0.1) is 16.9 Å². The highest BCUT2D eigenvalue weighted by atomic mass is 32.2. The number of nitro benzene ring substituents is 1. The molecule has 0 saturated carbocycles. The second-order valence-corrected chi connectivity index (χ2v) is 8.68. The Kier molecular flexibility index (Phi) is 7.12. The number of amides is 2. The molecule has 176 valence electrons. The number of rotatable bonds is 7. The number of carbonyl (C=O) groups excluding carboxylic acids is 2. The average molecular weight is 484 g/mol. The van der Waals surface area contributed by atoms with Crippen molar-refractivity contribution < 1.29 is 27.7 Å². The molecule has 0 radical (unpaired) electrons. The molecule has 0 spiro atoms. The summed E-state index contributed by atoms with van der Waals surface area (Å²) in [5.41, 5.74) is 4.99. The molecule has 0 saturated heterocycles. The molecule has 12 heteroatoms. The number of methoxy groups -OCH3 is 1. The van der Waals surface area contributed by atoms with Crippen LogP contribution in [0.15, 0.2) is 71.6 Å². The predicted molar refractivity (Wildman–Crippen MR) is 123 cm³/mol. The van der Waals surface area contributed by atoms with Gasteiger partial charge >= 0.3 is 0 Å². The van der Waals surface area contributed by atoms with E-state index in [1.807, 2.05) is 0 Å². The van der Waals surface area contributed by atoms with Crippen LogP contribution in [0.3, 0.4) is 0 Å². The largest absolute Gasteiger partial charge is 0.497 e. The van der Waals surface area contributed by atoms with Crippen molar-refractivity contribution in [3.8, 4) is 5.75 Å². The van der Waals surface area contributed by atoms with Crippen LogP contribution < -0.4 is 20.3 Å². The fourth-order valence-corrected chi connectivity index (χ4v) is 4.22. The smallest absolute Gasteiger partial charge is 0.269 e. The molecule has 3 rings (SSSR count). The number of benzene rings is 3. The molecule has 0 aliphatic heterocycles. The maximum Gasteiger partial charge on any atom is 0.269 e. The van der Waals surface area contributed by atoms with E-state index in [1.54, 1.807) is 19.1 Å². The van der Waals surface area contributed by atoms with Crippen molar-refractivity contribution in [1.29, 1.82) is 0 Å². The van der Waals surface area contributed by atoms with Crippen molar-refractivity contribution in [1.82, 2.24) is 10.9 Å². The number of nitro groups is 1. The molecule has 2 amide bonds. The molecule has 0 aliphatic rings. The van der Waals surface area contributed by atoms with Crippen LogP contribution in [0.25, 0.3) is 0 Å². The van der Waals surface area contributed by atoms with E-state index in [0.29, 0.717) is 17.0 Å². The highest BCUT2D eigenvalue weighted by molar-refractivity contribution is 7.92. The van der Waals surface area contributed by atoms with Gasteiger partial charge in [-0.25, -0.2) is 8.42 Å². The summed E-state index contributed by atoms with van der Waals surface area (Å²) < 4.78 is 33.3. The number of nitrogens with one attached hydrogen (secondary N) is 3. The first-order chi connectivity index (χ1) is 16.1. The number of hydrazine groups is 1. The molecular weight excluding hydrogens is 464 g/mol. The first-order valence-electron chi connectivity index (χ1n) is 9.73. The lowest BCUT2D eigenvalue weighted by molar-refractivity contribution is -0.384. The number of carbonyl (C=O) groups is 2. The van der Waals surface area contributed by atoms with Gasteiger partial charge in [0, 0.05) is 28.9 Å². The van der Waals surface area contributed by atoms with E-state index in [4.69, 9.17) is 4.74 Å². The molecule has 11 nitrogen and oxygen atoms in total. The lowest BCUT2D eigenvalue weighted by atomic mass is 10.1. The minimum absolute atomic E-state index is 0.00953. The molecule has 34 heavy (non-hydrogen) atoms. The number of aryl methyl sites for hydroxylation is 1. The number of anilines is 1. The van der Waals surface area contributed by atoms with Gasteiger partial charge in [-0.15, -0.1) is 0 Å². The van der Waals surface area contributed by atoms with E-state index in [2.05, 4.69) is 15.6 Å². The number of hydrogen-bond donors (Lipinski definition) is 3. The van der Waals surface area contributed by atoms with Gasteiger partial charge in [0.1, 0.15) is 5.75 Å². The maximum atomic E-state index is 12.9. The molecule has 3 N–H and O–H groups in total. The van der Waals surface area contributed by atoms with Crippen LogP contribution in [0, 0.1) is 17.0 Å². The van der Waals surface area contributed by atoms with Gasteiger partial charge in [0.2, 0.25) is 0 Å². The second-order valence-electron chi connectivity index (χ2n) is 7.03. The van der Waals surface area contributed by atoms with Gasteiger partial charge in [-0.2, -0.15) is 0 Å². The third-order valence-corrected chi connectivity index (χ3v) is 6.24. The SMILES string of the molecule is COc1ccc(NS(=O)(=O)c2cc(C(=O)NNC(=O)c3ccc([N+](=O)[O-])cc3)ccc2C)cc1. The molecule has 0 atom stereocenters. The van der Waals surface area contributed by atoms with Gasteiger partial charge in [-0.05, 0) is 61.0 Å². The van der Waals surface area contributed by atoms with Gasteiger partial charge in [-0.1, -0.05) is 6.07 Å². The monoisotopic (exact) mass is 484 g/mol. The number of nitrogens with zero attached hydrogens (tertiary/aromatic N) is 1. The van der Waals surface area contributed by atoms with E-state index < -0.39 is 26.8 Å². The summed E-state index contributed by atoms with van der Waals surface area (Å²) in [5.74, 6) is -0.894. The average Bonchev–Trinajstić information content (AvgIpc) is 2.82. The minimum atomic E-state index is -4.02. The third kappa shape index (κ3) is 5.66. The number of ether oxygens (including phenoxy) is 1. The van der Waals surface area contributed by atoms with Gasteiger partial charge in [0.15, 0.2) is 0 Å². The van der Waals surface area contributed by atoms with E-state index in [-0.39, 0.29) is 21.7 Å². The molecule has 3 aromatic carbocycles. The van der Waals surface area contributed by atoms with E-state index in [9.17, 15) is 28.1 Å². The third-order valence-electron chi connectivity index (χ3n) is 4.71. The van der Waals surface area contributed by atoms with Crippen molar-refractivity contribution in [2.75, 3.05) is 11.8 Å². The minimum Gasteiger partial charge on any atom is -0.497 e. The summed E-state index contributed by atoms with van der Waals surface area (Å²) in [4.78, 5) is 34.7. The van der Waals surface area contributed by atoms with E-state index in [0.717, 1.165) is 12.1 Å². The molecule has 0 fully saturated rings. The van der Waals surface area contributed by atoms with Crippen LogP contribution >= 0.6 is 0 Å². The lowest BCUT2D eigenvalue weighted by Gasteiger charge is -2.13. The molecular formula is C22H20N4O7S. The number of non-ortho nitro benzene ring substituents is 1. The summed E-state index contributed by atoms with van der Waals surface area (Å²) in [5, 5.41) is 10.7. The Balaban J connectivity index is 1.72. The first-order valence-corrected chi connectivity index (χ1v) is 11.2. The quantitative estimate of drug-likeness (QED) is 0.344. The molecule has 0 aromatic heterocycles. The van der Waals surface area contributed by atoms with Crippen molar-refractivity contribution >= 4 is 33.2 Å². The number of sulfonamides is 1. The molecule has 0 aliphatic carbocycles. The van der Waals surface area contributed by atoms with Crippen LogP contribution in [0.4, 0.5) is 11.4 Å². The fraction of sp³-hybridized carbons (Fsp3) is 0.0909. The summed E-state index contributed by atoms with van der Waals surface area (Å²) in [7, 11) is -2.52. The van der Waals surface area contributed by atoms with Crippen molar-refractivity contribution in [3.63, 3.8) is 0 Å². The molecule has 0 bridgehead atoms. The zero-order valence-corrected chi connectivity index (χ0v) is 18.9. The van der Waals surface area contributed by atoms with Crippen molar-refractivity contribution in [2.24, 2.45) is 0 Å². The topological polar surface area (TPSA) is 157 Å². The Hall–Kier alpha value is -4.45. The van der Waals surface area contributed by atoms with Gasteiger partial charge < -0.3 is 4.74 Å². The Morgan fingerprint density at radius 1 is 0.882 bits per heavy atom. The maximum absolute atomic E-state index is 12.9. The van der Waals surface area contributed by atoms with Gasteiger partial charge in [0.25, 0.3) is 27.5 Å². The summed E-state index contributed by atoms with van der Waals surface area (Å²) in [6, 6.07) is 15.1. The van der Waals surface area contributed by atoms with Crippen LogP contribution in [-0.4, -0.2) is 32.3 Å². The van der Waals surface area contributed by atoms with Crippen LogP contribution in [0.5, 0.6) is 5.75 Å². The molecule has 3 aromatic rings. The Bertz CT molecular complexity index is 1340. The van der Waals surface area contributed by atoms with E-state index in [1.165, 1.54) is 49.6 Å². The number of hydrogen-bond acceptors (Lipinski definition) is 7. The van der Waals surface area contributed by atoms with Crippen molar-refractivity contribution in [3.05, 3.63) is 93.5 Å². The summed E-state index contributed by atoms with van der Waals surface area (Å²) in [6.07, 6.45) is 0. The van der Waals surface area contributed by atoms with Crippen LogP contribution in [0.1, 0.15) is 26.3 Å². The fourth-order valence-electron chi connectivity index (χ4n) is 2.89. The van der Waals surface area contributed by atoms with Crippen LogP contribution in [-0.2, 0) is 10.0 Å². The van der Waals surface area contributed by atoms with E-state index >= 15 is 0 Å². The molecule has 0 unspecified atom stereocenters. The predicted octanol–water partition coefficient (Wildman–Crippen LogP) is 2.79. The Labute approximate surface area is 194 Å². The normalized spacial score (nSPS) is 10.8. The first kappa shape index (κ1) is 24.2. The Morgan fingerprint density at radius 2 is 1.44 bits per heavy atom. The lowest BCUT2D eigenvalue weighted by Crippen LogP contribution is -2.41. The standard InChI is InChI=1S/C22H20N4O7S/c1-14-3-4-16(13-20(14)34(31,32)25-17-7-11-19(33-2)12-8-17)22(28)24-23-21(27)15-5-9-18(10-6-15)26(29)30/h3-13,25H,1-2H3,(H,23,27)(H,24,28). The highest BCUT2D eigenvalue weighted by Crippen LogP contribution is 2.22. The summed E-state index contributed by atoms with van der Waals surface area (Å²) >= 11 is 0. The second kappa shape index (κ2) is 10.0. The molecule has 0 heterocycles. The van der Waals surface area contributed by atoms with Crippen molar-refractivity contribution in [2.45, 2.75) is 11.8 Å². The zero-order valence-electron chi connectivity index (χ0n) is 18.1.